The average molecular weight is 471 g/mol. The van der Waals surface area contributed by atoms with E-state index in [2.05, 4.69) is 21.2 Å². The first-order valence-electron chi connectivity index (χ1n) is 7.84. The van der Waals surface area contributed by atoms with Crippen molar-refractivity contribution < 1.29 is 27.1 Å². The third-order valence-corrected chi connectivity index (χ3v) is 4.89. The van der Waals surface area contributed by atoms with Crippen molar-refractivity contribution >= 4 is 49.6 Å². The molecule has 10 heteroatoms. The summed E-state index contributed by atoms with van der Waals surface area (Å²) in [5.41, 5.74) is 0.477. The van der Waals surface area contributed by atoms with Gasteiger partial charge < -0.3 is 10.1 Å². The summed E-state index contributed by atoms with van der Waals surface area (Å²) >= 11 is 3.20. The number of ether oxygens (including phenoxy) is 1. The summed E-state index contributed by atoms with van der Waals surface area (Å²) in [6, 6.07) is 9.41. The number of halogens is 2. The fraction of sp³-hybridized carbons (Fsp3) is 0.111. The summed E-state index contributed by atoms with van der Waals surface area (Å²) in [5, 5.41) is 7.47. The zero-order valence-electron chi connectivity index (χ0n) is 14.6. The molecule has 0 radical (unpaired) electrons. The number of amides is 1. The first kappa shape index (κ1) is 21.7. The third-order valence-electron chi connectivity index (χ3n) is 3.47. The van der Waals surface area contributed by atoms with Crippen LogP contribution in [-0.2, 0) is 24.3 Å². The van der Waals surface area contributed by atoms with Gasteiger partial charge in [0.05, 0.1) is 4.90 Å². The zero-order chi connectivity index (χ0) is 20.9. The van der Waals surface area contributed by atoms with Gasteiger partial charge in [0, 0.05) is 21.8 Å². The molecule has 0 heterocycles. The van der Waals surface area contributed by atoms with Crippen LogP contribution in [0.25, 0.3) is 6.08 Å². The van der Waals surface area contributed by atoms with Gasteiger partial charge in [-0.2, -0.15) is 0 Å². The Kier molecular flexibility index (Phi) is 7.05. The first-order valence-corrected chi connectivity index (χ1v) is 10.2. The number of carbonyl (C=O) groups excluding carboxylic acids is 2. The predicted octanol–water partition coefficient (Wildman–Crippen LogP) is 2.82. The molecule has 0 fully saturated rings. The Labute approximate surface area is 169 Å². The monoisotopic (exact) mass is 470 g/mol. The molecule has 1 unspecified atom stereocenters. The molecule has 1 atom stereocenters. The van der Waals surface area contributed by atoms with Gasteiger partial charge in [0.1, 0.15) is 5.82 Å². The van der Waals surface area contributed by atoms with E-state index in [0.717, 1.165) is 6.08 Å². The van der Waals surface area contributed by atoms with Gasteiger partial charge in [-0.15, -0.1) is 0 Å². The summed E-state index contributed by atoms with van der Waals surface area (Å²) in [6.07, 6.45) is 1.11. The summed E-state index contributed by atoms with van der Waals surface area (Å²) in [7, 11) is -3.83. The van der Waals surface area contributed by atoms with Gasteiger partial charge in [0.15, 0.2) is 6.10 Å². The highest BCUT2D eigenvalue weighted by atomic mass is 79.9. The van der Waals surface area contributed by atoms with Crippen LogP contribution in [0, 0.1) is 5.82 Å². The van der Waals surface area contributed by atoms with Crippen LogP contribution in [0.3, 0.4) is 0 Å². The maximum atomic E-state index is 13.6. The summed E-state index contributed by atoms with van der Waals surface area (Å²) < 4.78 is 41.6. The molecule has 0 aliphatic heterocycles. The molecule has 28 heavy (non-hydrogen) atoms. The molecule has 0 saturated heterocycles. The molecule has 1 amide bonds. The number of primary sulfonamides is 1. The van der Waals surface area contributed by atoms with Crippen molar-refractivity contribution in [2.45, 2.75) is 17.9 Å². The van der Waals surface area contributed by atoms with Gasteiger partial charge in [-0.3, -0.25) is 4.79 Å². The largest absolute Gasteiger partial charge is 0.449 e. The van der Waals surface area contributed by atoms with Crippen molar-refractivity contribution in [3.63, 3.8) is 0 Å². The van der Waals surface area contributed by atoms with E-state index in [-0.39, 0.29) is 10.5 Å². The molecule has 2 aromatic carbocycles. The minimum absolute atomic E-state index is 0.102. The maximum absolute atomic E-state index is 13.6. The molecular weight excluding hydrogens is 455 g/mol. The van der Waals surface area contributed by atoms with Crippen molar-refractivity contribution in [3.05, 3.63) is 64.4 Å². The van der Waals surface area contributed by atoms with E-state index in [0.29, 0.717) is 10.2 Å². The van der Waals surface area contributed by atoms with E-state index in [1.807, 2.05) is 0 Å². The second-order valence-electron chi connectivity index (χ2n) is 5.64. The number of benzene rings is 2. The molecule has 0 bridgehead atoms. The highest BCUT2D eigenvalue weighted by molar-refractivity contribution is 9.10. The van der Waals surface area contributed by atoms with Gasteiger partial charge in [-0.25, -0.2) is 22.7 Å². The second kappa shape index (κ2) is 9.09. The number of rotatable bonds is 6. The van der Waals surface area contributed by atoms with Crippen molar-refractivity contribution in [1.29, 1.82) is 0 Å². The average Bonchev–Trinajstić information content (AvgIpc) is 2.62. The number of esters is 1. The fourth-order valence-corrected chi connectivity index (χ4v) is 2.93. The normalized spacial score (nSPS) is 12.6. The van der Waals surface area contributed by atoms with Gasteiger partial charge in [0.25, 0.3) is 5.91 Å². The molecule has 0 aromatic heterocycles. The second-order valence-corrected chi connectivity index (χ2v) is 8.11. The third kappa shape index (κ3) is 6.25. The molecule has 7 nitrogen and oxygen atoms in total. The number of anilines is 1. The fourth-order valence-electron chi connectivity index (χ4n) is 2.04. The summed E-state index contributed by atoms with van der Waals surface area (Å²) in [5.74, 6) is -1.97. The van der Waals surface area contributed by atoms with Crippen LogP contribution in [0.15, 0.2) is 57.9 Å². The van der Waals surface area contributed by atoms with E-state index < -0.39 is 33.8 Å². The molecule has 0 saturated carbocycles. The molecule has 2 aromatic rings. The Bertz CT molecular complexity index is 1020. The van der Waals surface area contributed by atoms with Crippen LogP contribution in [0.2, 0.25) is 0 Å². The molecule has 3 N–H and O–H groups in total. The molecule has 148 valence electrons. The lowest BCUT2D eigenvalue weighted by Gasteiger charge is -2.12. The zero-order valence-corrected chi connectivity index (χ0v) is 17.0. The van der Waals surface area contributed by atoms with Crippen LogP contribution in [-0.4, -0.2) is 26.4 Å². The van der Waals surface area contributed by atoms with Gasteiger partial charge in [-0.05, 0) is 55.5 Å². The highest BCUT2D eigenvalue weighted by Crippen LogP contribution is 2.17. The number of nitrogens with two attached hydrogens (primary N) is 1. The minimum atomic E-state index is -3.83. The first-order chi connectivity index (χ1) is 13.1. The van der Waals surface area contributed by atoms with Gasteiger partial charge >= 0.3 is 5.97 Å². The standard InChI is InChI=1S/C18H16BrFN2O5S/c1-11(18(24)22-14-4-6-15(7-5-14)28(21,25)26)27-17(23)9-2-12-10-13(19)3-8-16(12)20/h2-11H,1H3,(H,22,24)(H2,21,25,26)/b9-2+. The molecule has 0 aliphatic rings. The Morgan fingerprint density at radius 3 is 2.46 bits per heavy atom. The van der Waals surface area contributed by atoms with Crippen molar-refractivity contribution in [2.24, 2.45) is 5.14 Å². The summed E-state index contributed by atoms with van der Waals surface area (Å²) in [4.78, 5) is 23.8. The molecule has 2 rings (SSSR count). The highest BCUT2D eigenvalue weighted by Gasteiger charge is 2.17. The lowest BCUT2D eigenvalue weighted by atomic mass is 10.2. The Hall–Kier alpha value is -2.56. The quantitative estimate of drug-likeness (QED) is 0.497. The van der Waals surface area contributed by atoms with Crippen molar-refractivity contribution in [2.75, 3.05) is 5.32 Å². The van der Waals surface area contributed by atoms with E-state index in [9.17, 15) is 22.4 Å². The van der Waals surface area contributed by atoms with Gasteiger partial charge in [0.2, 0.25) is 10.0 Å². The van der Waals surface area contributed by atoms with E-state index in [1.165, 1.54) is 55.5 Å². The number of sulfonamides is 1. The van der Waals surface area contributed by atoms with Crippen LogP contribution in [0.5, 0.6) is 0 Å². The molecular formula is C18H16BrFN2O5S. The Morgan fingerprint density at radius 2 is 1.86 bits per heavy atom. The number of nitrogens with one attached hydrogen (secondary N) is 1. The van der Waals surface area contributed by atoms with E-state index >= 15 is 0 Å². The lowest BCUT2D eigenvalue weighted by Crippen LogP contribution is -2.29. The number of hydrogen-bond donors (Lipinski definition) is 2. The Balaban J connectivity index is 1.95. The minimum Gasteiger partial charge on any atom is -0.449 e. The van der Waals surface area contributed by atoms with Gasteiger partial charge in [-0.1, -0.05) is 15.9 Å². The predicted molar refractivity (Wildman–Crippen MR) is 105 cm³/mol. The molecule has 0 spiro atoms. The number of carbonyl (C=O) groups is 2. The smallest absolute Gasteiger partial charge is 0.331 e. The van der Waals surface area contributed by atoms with E-state index in [4.69, 9.17) is 9.88 Å². The molecule has 0 aliphatic carbocycles. The Morgan fingerprint density at radius 1 is 1.21 bits per heavy atom. The van der Waals surface area contributed by atoms with Crippen molar-refractivity contribution in [1.82, 2.24) is 0 Å². The summed E-state index contributed by atoms with van der Waals surface area (Å²) in [6.45, 7) is 1.36. The van der Waals surface area contributed by atoms with Crippen molar-refractivity contribution in [3.8, 4) is 0 Å². The van der Waals surface area contributed by atoms with E-state index in [1.54, 1.807) is 0 Å². The van der Waals surface area contributed by atoms with Crippen LogP contribution in [0.1, 0.15) is 12.5 Å². The SMILES string of the molecule is CC(OC(=O)/C=C/c1cc(Br)ccc1F)C(=O)Nc1ccc(S(N)(=O)=O)cc1. The maximum Gasteiger partial charge on any atom is 0.331 e. The van der Waals surface area contributed by atoms with Crippen LogP contribution < -0.4 is 10.5 Å². The lowest BCUT2D eigenvalue weighted by molar-refractivity contribution is -0.148. The number of hydrogen-bond acceptors (Lipinski definition) is 5. The van der Waals surface area contributed by atoms with Crippen LogP contribution >= 0.6 is 15.9 Å². The topological polar surface area (TPSA) is 116 Å². The van der Waals surface area contributed by atoms with Crippen LogP contribution in [0.4, 0.5) is 10.1 Å².